The average molecular weight is 320 g/mol. The Balaban J connectivity index is 1.57. The lowest BCUT2D eigenvalue weighted by molar-refractivity contribution is -0.118. The molecule has 2 aromatic carbocycles. The lowest BCUT2D eigenvalue weighted by atomic mass is 10.2. The van der Waals surface area contributed by atoms with Crippen LogP contribution >= 0.6 is 0 Å². The highest BCUT2D eigenvalue weighted by atomic mass is 16.5. The van der Waals surface area contributed by atoms with E-state index in [1.165, 1.54) is 11.0 Å². The number of ether oxygens (including phenoxy) is 1. The van der Waals surface area contributed by atoms with Gasteiger partial charge < -0.3 is 10.1 Å². The molecule has 0 unspecified atom stereocenters. The van der Waals surface area contributed by atoms with Crippen LogP contribution in [-0.4, -0.2) is 32.7 Å². The Bertz CT molecular complexity index is 868. The Morgan fingerprint density at radius 2 is 2.00 bits per heavy atom. The molecular weight excluding hydrogens is 308 g/mol. The maximum Gasteiger partial charge on any atom is 0.262 e. The van der Waals surface area contributed by atoms with Crippen LogP contribution in [0.3, 0.4) is 0 Å². The first kappa shape index (κ1) is 15.2. The molecule has 3 rings (SSSR count). The molecule has 0 bridgehead atoms. The normalized spacial score (nSPS) is 9.96. The Hall–Kier alpha value is -3.73. The molecule has 24 heavy (non-hydrogen) atoms. The minimum atomic E-state index is -0.345. The van der Waals surface area contributed by atoms with Crippen molar-refractivity contribution in [1.82, 2.24) is 20.2 Å². The number of nitrogens with one attached hydrogen (secondary N) is 1. The van der Waals surface area contributed by atoms with Crippen molar-refractivity contribution in [3.63, 3.8) is 0 Å². The molecule has 0 aliphatic rings. The highest BCUT2D eigenvalue weighted by molar-refractivity contribution is 5.93. The molecule has 1 aromatic heterocycles. The van der Waals surface area contributed by atoms with Gasteiger partial charge in [-0.2, -0.15) is 5.26 Å². The zero-order valence-electron chi connectivity index (χ0n) is 12.5. The van der Waals surface area contributed by atoms with Crippen molar-refractivity contribution < 1.29 is 9.53 Å². The number of tetrazole rings is 1. The summed E-state index contributed by atoms with van der Waals surface area (Å²) in [6.45, 7) is -0.163. The first-order valence-electron chi connectivity index (χ1n) is 7.01. The summed E-state index contributed by atoms with van der Waals surface area (Å²) >= 11 is 0. The molecule has 0 atom stereocenters. The highest BCUT2D eigenvalue weighted by Gasteiger charge is 2.07. The number of nitrogens with zero attached hydrogens (tertiary/aromatic N) is 5. The van der Waals surface area contributed by atoms with Crippen LogP contribution in [0.15, 0.2) is 54.9 Å². The third-order valence-electron chi connectivity index (χ3n) is 3.14. The molecule has 8 heteroatoms. The predicted octanol–water partition coefficient (Wildman–Crippen LogP) is 1.55. The quantitative estimate of drug-likeness (QED) is 0.764. The maximum atomic E-state index is 11.9. The molecule has 0 fully saturated rings. The molecule has 118 valence electrons. The Morgan fingerprint density at radius 1 is 1.21 bits per heavy atom. The fourth-order valence-electron chi connectivity index (χ4n) is 2.00. The largest absolute Gasteiger partial charge is 0.484 e. The van der Waals surface area contributed by atoms with E-state index in [9.17, 15) is 4.79 Å². The lowest BCUT2D eigenvalue weighted by Crippen LogP contribution is -2.20. The van der Waals surface area contributed by atoms with Crippen LogP contribution in [0.1, 0.15) is 5.56 Å². The van der Waals surface area contributed by atoms with E-state index in [0.29, 0.717) is 17.0 Å². The van der Waals surface area contributed by atoms with Crippen molar-refractivity contribution in [1.29, 1.82) is 5.26 Å². The van der Waals surface area contributed by atoms with Crippen molar-refractivity contribution in [2.45, 2.75) is 0 Å². The zero-order valence-corrected chi connectivity index (χ0v) is 12.5. The van der Waals surface area contributed by atoms with E-state index in [-0.39, 0.29) is 12.5 Å². The van der Waals surface area contributed by atoms with Crippen LogP contribution in [0.4, 0.5) is 5.69 Å². The number of carbonyl (C=O) groups excluding carboxylic acids is 1. The van der Waals surface area contributed by atoms with Gasteiger partial charge in [-0.1, -0.05) is 12.1 Å². The molecule has 0 saturated carbocycles. The van der Waals surface area contributed by atoms with Gasteiger partial charge >= 0.3 is 0 Å². The SMILES string of the molecule is N#Cc1ccccc1NC(=O)COc1ccc(-n2cnnn2)cc1. The maximum absolute atomic E-state index is 11.9. The molecule has 0 radical (unpaired) electrons. The van der Waals surface area contributed by atoms with Crippen LogP contribution in [-0.2, 0) is 4.79 Å². The van der Waals surface area contributed by atoms with Gasteiger partial charge in [0.05, 0.1) is 16.9 Å². The van der Waals surface area contributed by atoms with Crippen molar-refractivity contribution in [2.24, 2.45) is 0 Å². The van der Waals surface area contributed by atoms with Gasteiger partial charge in [-0.15, -0.1) is 5.10 Å². The van der Waals surface area contributed by atoms with Gasteiger partial charge in [-0.3, -0.25) is 4.79 Å². The van der Waals surface area contributed by atoms with Crippen molar-refractivity contribution in [3.05, 3.63) is 60.4 Å². The van der Waals surface area contributed by atoms with Crippen LogP contribution < -0.4 is 10.1 Å². The molecule has 0 saturated heterocycles. The molecule has 8 nitrogen and oxygen atoms in total. The number of para-hydroxylation sites is 1. The molecule has 1 heterocycles. The predicted molar refractivity (Wildman–Crippen MR) is 84.4 cm³/mol. The minimum Gasteiger partial charge on any atom is -0.484 e. The summed E-state index contributed by atoms with van der Waals surface area (Å²) in [5.41, 5.74) is 1.64. The summed E-state index contributed by atoms with van der Waals surface area (Å²) in [7, 11) is 0. The number of anilines is 1. The summed E-state index contributed by atoms with van der Waals surface area (Å²) < 4.78 is 6.94. The van der Waals surface area contributed by atoms with Crippen molar-refractivity contribution >= 4 is 11.6 Å². The van der Waals surface area contributed by atoms with E-state index in [1.54, 1.807) is 48.5 Å². The van der Waals surface area contributed by atoms with Crippen LogP contribution in [0.2, 0.25) is 0 Å². The Morgan fingerprint density at radius 3 is 2.71 bits per heavy atom. The van der Waals surface area contributed by atoms with Gasteiger partial charge in [0.25, 0.3) is 5.91 Å². The van der Waals surface area contributed by atoms with E-state index in [2.05, 4.69) is 20.8 Å². The van der Waals surface area contributed by atoms with E-state index in [4.69, 9.17) is 10.00 Å². The van der Waals surface area contributed by atoms with Crippen molar-refractivity contribution in [3.8, 4) is 17.5 Å². The number of amides is 1. The van der Waals surface area contributed by atoms with Gasteiger partial charge in [0, 0.05) is 0 Å². The number of aromatic nitrogens is 4. The summed E-state index contributed by atoms with van der Waals surface area (Å²) in [5.74, 6) is 0.192. The Kier molecular flexibility index (Phi) is 4.44. The second kappa shape index (κ2) is 7.02. The monoisotopic (exact) mass is 320 g/mol. The highest BCUT2D eigenvalue weighted by Crippen LogP contribution is 2.15. The van der Waals surface area contributed by atoms with Gasteiger partial charge in [-0.25, -0.2) is 4.68 Å². The molecular formula is C16H12N6O2. The second-order valence-electron chi connectivity index (χ2n) is 4.74. The standard InChI is InChI=1S/C16H12N6O2/c17-9-12-3-1-2-4-15(12)19-16(23)10-24-14-7-5-13(6-8-14)22-11-18-20-21-22/h1-8,11H,10H2,(H,19,23). The summed E-state index contributed by atoms with van der Waals surface area (Å²) in [4.78, 5) is 11.9. The fourth-order valence-corrected chi connectivity index (χ4v) is 2.00. The van der Waals surface area contributed by atoms with Crippen LogP contribution in [0.25, 0.3) is 5.69 Å². The average Bonchev–Trinajstić information content (AvgIpc) is 3.15. The summed E-state index contributed by atoms with van der Waals surface area (Å²) in [6, 6.07) is 15.8. The van der Waals surface area contributed by atoms with E-state index in [1.807, 2.05) is 6.07 Å². The number of hydrogen-bond donors (Lipinski definition) is 1. The van der Waals surface area contributed by atoms with Crippen molar-refractivity contribution in [2.75, 3.05) is 11.9 Å². The molecule has 0 aliphatic carbocycles. The number of hydrogen-bond acceptors (Lipinski definition) is 6. The van der Waals surface area contributed by atoms with Gasteiger partial charge in [-0.05, 0) is 46.8 Å². The molecule has 1 N–H and O–H groups in total. The smallest absolute Gasteiger partial charge is 0.262 e. The molecule has 1 amide bonds. The van der Waals surface area contributed by atoms with E-state index < -0.39 is 0 Å². The first-order valence-corrected chi connectivity index (χ1v) is 7.01. The van der Waals surface area contributed by atoms with E-state index >= 15 is 0 Å². The number of rotatable bonds is 5. The van der Waals surface area contributed by atoms with E-state index in [0.717, 1.165) is 5.69 Å². The summed E-state index contributed by atoms with van der Waals surface area (Å²) in [6.07, 6.45) is 1.48. The third kappa shape index (κ3) is 3.53. The molecule has 0 aliphatic heterocycles. The van der Waals surface area contributed by atoms with Crippen LogP contribution in [0, 0.1) is 11.3 Å². The number of benzene rings is 2. The number of nitriles is 1. The fraction of sp³-hybridized carbons (Fsp3) is 0.0625. The van der Waals surface area contributed by atoms with Gasteiger partial charge in [0.15, 0.2) is 6.61 Å². The number of carbonyl (C=O) groups is 1. The topological polar surface area (TPSA) is 106 Å². The first-order chi connectivity index (χ1) is 11.8. The zero-order chi connectivity index (χ0) is 16.8. The molecule has 3 aromatic rings. The van der Waals surface area contributed by atoms with Crippen LogP contribution in [0.5, 0.6) is 5.75 Å². The third-order valence-corrected chi connectivity index (χ3v) is 3.14. The summed E-state index contributed by atoms with van der Waals surface area (Å²) in [5, 5.41) is 22.5. The minimum absolute atomic E-state index is 0.163. The lowest BCUT2D eigenvalue weighted by Gasteiger charge is -2.09. The second-order valence-corrected chi connectivity index (χ2v) is 4.74. The molecule has 0 spiro atoms. The van der Waals surface area contributed by atoms with Gasteiger partial charge in [0.2, 0.25) is 0 Å². The van der Waals surface area contributed by atoms with Gasteiger partial charge in [0.1, 0.15) is 18.1 Å². The Labute approximate surface area is 137 Å².